The van der Waals surface area contributed by atoms with Crippen LogP contribution >= 0.6 is 22.6 Å². The number of fused-ring (bicyclic) bond motifs is 1. The molecule has 0 saturated carbocycles. The molecule has 0 aliphatic rings. The lowest BCUT2D eigenvalue weighted by Gasteiger charge is -2.11. The second-order valence-electron chi connectivity index (χ2n) is 5.17. The fraction of sp³-hybridized carbons (Fsp3) is 0.167. The van der Waals surface area contributed by atoms with Crippen molar-refractivity contribution in [3.8, 4) is 5.75 Å². The summed E-state index contributed by atoms with van der Waals surface area (Å²) in [6.07, 6.45) is 0. The first-order valence-corrected chi connectivity index (χ1v) is 8.05. The zero-order chi connectivity index (χ0) is 15.7. The third-order valence-electron chi connectivity index (χ3n) is 3.77. The van der Waals surface area contributed by atoms with E-state index in [9.17, 15) is 4.79 Å². The molecule has 0 saturated heterocycles. The predicted molar refractivity (Wildman–Crippen MR) is 95.4 cm³/mol. The van der Waals surface area contributed by atoms with Gasteiger partial charge in [0.1, 0.15) is 12.4 Å². The quantitative estimate of drug-likeness (QED) is 0.472. The van der Waals surface area contributed by atoms with Gasteiger partial charge in [-0.2, -0.15) is 0 Å². The van der Waals surface area contributed by atoms with Crippen LogP contribution in [-0.4, -0.2) is 0 Å². The highest BCUT2D eigenvalue weighted by Gasteiger charge is 2.13. The van der Waals surface area contributed by atoms with Crippen LogP contribution in [0.2, 0.25) is 0 Å². The second kappa shape index (κ2) is 6.12. The van der Waals surface area contributed by atoms with Gasteiger partial charge in [0, 0.05) is 10.9 Å². The molecular weight excluding hydrogens is 391 g/mol. The molecule has 0 radical (unpaired) electrons. The molecule has 0 N–H and O–H groups in total. The van der Waals surface area contributed by atoms with Crippen LogP contribution in [0.4, 0.5) is 0 Å². The average Bonchev–Trinajstić information content (AvgIpc) is 2.54. The Morgan fingerprint density at radius 3 is 2.50 bits per heavy atom. The highest BCUT2D eigenvalue weighted by atomic mass is 127. The van der Waals surface area contributed by atoms with E-state index in [4.69, 9.17) is 9.15 Å². The van der Waals surface area contributed by atoms with E-state index in [1.165, 1.54) is 0 Å². The van der Waals surface area contributed by atoms with Crippen molar-refractivity contribution >= 4 is 33.6 Å². The summed E-state index contributed by atoms with van der Waals surface area (Å²) in [5, 5.41) is 0.952. The number of hydrogen-bond donors (Lipinski definition) is 0. The first-order chi connectivity index (χ1) is 10.6. The van der Waals surface area contributed by atoms with Crippen LogP contribution in [0.15, 0.2) is 51.7 Å². The number of ether oxygens (including phenoxy) is 1. The van der Waals surface area contributed by atoms with Gasteiger partial charge >= 0.3 is 5.63 Å². The van der Waals surface area contributed by atoms with E-state index in [2.05, 4.69) is 22.6 Å². The number of benzene rings is 2. The first-order valence-electron chi connectivity index (χ1n) is 6.97. The molecule has 0 aliphatic heterocycles. The number of rotatable bonds is 3. The lowest BCUT2D eigenvalue weighted by atomic mass is 10.1. The minimum Gasteiger partial charge on any atom is -0.488 e. The van der Waals surface area contributed by atoms with Gasteiger partial charge in [-0.05, 0) is 59.7 Å². The van der Waals surface area contributed by atoms with Gasteiger partial charge < -0.3 is 9.15 Å². The zero-order valence-corrected chi connectivity index (χ0v) is 14.5. The van der Waals surface area contributed by atoms with E-state index >= 15 is 0 Å². The van der Waals surface area contributed by atoms with Crippen molar-refractivity contribution in [2.24, 2.45) is 0 Å². The number of aryl methyl sites for hydroxylation is 1. The van der Waals surface area contributed by atoms with Gasteiger partial charge in [-0.25, -0.2) is 4.79 Å². The van der Waals surface area contributed by atoms with Crippen LogP contribution < -0.4 is 10.4 Å². The van der Waals surface area contributed by atoms with E-state index in [1.54, 1.807) is 6.92 Å². The van der Waals surface area contributed by atoms with Crippen LogP contribution in [-0.2, 0) is 6.61 Å². The van der Waals surface area contributed by atoms with Crippen molar-refractivity contribution in [2.75, 3.05) is 0 Å². The van der Waals surface area contributed by atoms with E-state index in [1.807, 2.05) is 49.4 Å². The smallest absolute Gasteiger partial charge is 0.339 e. The van der Waals surface area contributed by atoms with Gasteiger partial charge in [0.2, 0.25) is 0 Å². The monoisotopic (exact) mass is 406 g/mol. The van der Waals surface area contributed by atoms with Crippen LogP contribution in [0, 0.1) is 17.4 Å². The van der Waals surface area contributed by atoms with Crippen LogP contribution in [0.5, 0.6) is 5.75 Å². The normalized spacial score (nSPS) is 10.9. The summed E-state index contributed by atoms with van der Waals surface area (Å²) in [5.41, 5.74) is 3.02. The third-order valence-corrected chi connectivity index (χ3v) is 4.79. The summed E-state index contributed by atoms with van der Waals surface area (Å²) in [4.78, 5) is 11.9. The molecule has 2 aromatic carbocycles. The Bertz CT molecular complexity index is 882. The van der Waals surface area contributed by atoms with Crippen LogP contribution in [0.3, 0.4) is 0 Å². The minimum absolute atomic E-state index is 0.289. The zero-order valence-electron chi connectivity index (χ0n) is 12.4. The summed E-state index contributed by atoms with van der Waals surface area (Å²) in [5.74, 6) is 0.725. The fourth-order valence-electron chi connectivity index (χ4n) is 2.30. The van der Waals surface area contributed by atoms with Gasteiger partial charge in [-0.15, -0.1) is 0 Å². The lowest BCUT2D eigenvalue weighted by Crippen LogP contribution is -2.07. The third kappa shape index (κ3) is 2.75. The van der Waals surface area contributed by atoms with Gasteiger partial charge in [0.25, 0.3) is 0 Å². The molecule has 1 heterocycles. The van der Waals surface area contributed by atoms with Gasteiger partial charge in [0.05, 0.1) is 3.57 Å². The molecule has 0 spiro atoms. The molecule has 0 unspecified atom stereocenters. The molecule has 1 aromatic heterocycles. The van der Waals surface area contributed by atoms with Crippen molar-refractivity contribution < 1.29 is 9.15 Å². The maximum absolute atomic E-state index is 11.9. The molecule has 0 atom stereocenters. The fourth-order valence-corrected chi connectivity index (χ4v) is 3.04. The molecular formula is C18H15IO3. The van der Waals surface area contributed by atoms with Crippen LogP contribution in [0.25, 0.3) is 11.0 Å². The van der Waals surface area contributed by atoms with Gasteiger partial charge in [-0.1, -0.05) is 30.3 Å². The predicted octanol–water partition coefficient (Wildman–Crippen LogP) is 4.59. The van der Waals surface area contributed by atoms with E-state index in [-0.39, 0.29) is 5.63 Å². The Hall–Kier alpha value is -1.82. The molecule has 0 bridgehead atoms. The molecule has 112 valence electrons. The summed E-state index contributed by atoms with van der Waals surface area (Å²) < 4.78 is 12.2. The maximum Gasteiger partial charge on any atom is 0.339 e. The number of hydrogen-bond acceptors (Lipinski definition) is 3. The molecule has 0 aliphatic carbocycles. The first kappa shape index (κ1) is 15.1. The Kier molecular flexibility index (Phi) is 4.20. The molecule has 3 nitrogen and oxygen atoms in total. The van der Waals surface area contributed by atoms with Crippen molar-refractivity contribution in [2.45, 2.75) is 20.5 Å². The van der Waals surface area contributed by atoms with E-state index in [0.717, 1.165) is 25.8 Å². The number of halogens is 1. The molecule has 3 aromatic rings. The highest BCUT2D eigenvalue weighted by molar-refractivity contribution is 14.1. The summed E-state index contributed by atoms with van der Waals surface area (Å²) in [6.45, 7) is 4.21. The second-order valence-corrected chi connectivity index (χ2v) is 6.25. The summed E-state index contributed by atoms with van der Waals surface area (Å²) >= 11 is 2.17. The molecule has 0 amide bonds. The van der Waals surface area contributed by atoms with Crippen LogP contribution in [0.1, 0.15) is 16.7 Å². The minimum atomic E-state index is -0.289. The maximum atomic E-state index is 11.9. The lowest BCUT2D eigenvalue weighted by molar-refractivity contribution is 0.304. The SMILES string of the molecule is Cc1c(C)c2ccc(OCc3ccccc3)c(I)c2oc1=O. The Morgan fingerprint density at radius 1 is 1.05 bits per heavy atom. The standard InChI is InChI=1S/C18H15IO3/c1-11-12(2)18(20)22-17-14(11)8-9-15(16(17)19)21-10-13-6-4-3-5-7-13/h3-9H,10H2,1-2H3. The van der Waals surface area contributed by atoms with Crippen molar-refractivity contribution in [1.82, 2.24) is 0 Å². The topological polar surface area (TPSA) is 39.4 Å². The summed E-state index contributed by atoms with van der Waals surface area (Å²) in [7, 11) is 0. The largest absolute Gasteiger partial charge is 0.488 e. The van der Waals surface area contributed by atoms with Crippen molar-refractivity contribution in [3.63, 3.8) is 0 Å². The molecule has 4 heteroatoms. The van der Waals surface area contributed by atoms with Crippen molar-refractivity contribution in [3.05, 3.63) is 73.1 Å². The van der Waals surface area contributed by atoms with E-state index < -0.39 is 0 Å². The molecule has 22 heavy (non-hydrogen) atoms. The Morgan fingerprint density at radius 2 is 1.77 bits per heavy atom. The Balaban J connectivity index is 2.00. The molecule has 0 fully saturated rings. The highest BCUT2D eigenvalue weighted by Crippen LogP contribution is 2.31. The van der Waals surface area contributed by atoms with Gasteiger partial charge in [0.15, 0.2) is 5.58 Å². The molecule has 3 rings (SSSR count). The average molecular weight is 406 g/mol. The Labute approximate surface area is 142 Å². The van der Waals surface area contributed by atoms with Crippen molar-refractivity contribution in [1.29, 1.82) is 0 Å². The summed E-state index contributed by atoms with van der Waals surface area (Å²) in [6, 6.07) is 13.8. The van der Waals surface area contributed by atoms with Gasteiger partial charge in [-0.3, -0.25) is 0 Å². The van der Waals surface area contributed by atoms with E-state index in [0.29, 0.717) is 17.8 Å².